The average Bonchev–Trinajstić information content (AvgIpc) is 2.74. The summed E-state index contributed by atoms with van der Waals surface area (Å²) in [6.45, 7) is 0.549. The third kappa shape index (κ3) is 5.45. The van der Waals surface area contributed by atoms with Crippen molar-refractivity contribution in [2.24, 2.45) is 0 Å². The minimum atomic E-state index is -0.295. The van der Waals surface area contributed by atoms with Crippen molar-refractivity contribution in [3.8, 4) is 11.5 Å². The number of aliphatic hydroxyl groups excluding tert-OH is 2. The lowest BCUT2D eigenvalue weighted by Gasteiger charge is -2.10. The molecule has 0 aliphatic heterocycles. The Bertz CT molecular complexity index is 798. The summed E-state index contributed by atoms with van der Waals surface area (Å²) >= 11 is 4.40. The summed E-state index contributed by atoms with van der Waals surface area (Å²) in [6.07, 6.45) is 0. The standard InChI is InChI=1S/C22H22O4S2/c23-13-15-25-17-1-7-20(8-2-17)28(22-11-5-19(27)6-12-22)21-9-3-18(4-10-21)26-16-14-24/h1-12,23-24H,13-16H2/p+1. The van der Waals surface area contributed by atoms with Gasteiger partial charge in [0, 0.05) is 4.90 Å². The van der Waals surface area contributed by atoms with E-state index in [1.165, 1.54) is 4.90 Å². The molecule has 0 fully saturated rings. The van der Waals surface area contributed by atoms with Crippen molar-refractivity contribution in [3.63, 3.8) is 0 Å². The predicted molar refractivity (Wildman–Crippen MR) is 114 cm³/mol. The Hall–Kier alpha value is -2.12. The zero-order valence-electron chi connectivity index (χ0n) is 15.3. The molecule has 146 valence electrons. The van der Waals surface area contributed by atoms with E-state index in [0.717, 1.165) is 26.2 Å². The van der Waals surface area contributed by atoms with E-state index >= 15 is 0 Å². The molecule has 3 aromatic carbocycles. The molecule has 0 unspecified atom stereocenters. The molecule has 0 spiro atoms. The maximum atomic E-state index is 8.91. The number of aliphatic hydroxyl groups is 2. The Morgan fingerprint density at radius 2 is 0.964 bits per heavy atom. The lowest BCUT2D eigenvalue weighted by Crippen LogP contribution is -2.06. The van der Waals surface area contributed by atoms with Crippen LogP contribution in [0.1, 0.15) is 0 Å². The van der Waals surface area contributed by atoms with Crippen LogP contribution < -0.4 is 9.47 Å². The summed E-state index contributed by atoms with van der Waals surface area (Å²) in [5, 5.41) is 17.8. The fourth-order valence-electron chi connectivity index (χ4n) is 2.66. The number of hydrogen-bond donors (Lipinski definition) is 3. The molecule has 28 heavy (non-hydrogen) atoms. The largest absolute Gasteiger partial charge is 0.491 e. The van der Waals surface area contributed by atoms with Crippen LogP contribution in [0.25, 0.3) is 0 Å². The smallest absolute Gasteiger partial charge is 0.166 e. The first-order valence-corrected chi connectivity index (χ1v) is 10.6. The lowest BCUT2D eigenvalue weighted by molar-refractivity contribution is 0.201. The SMILES string of the molecule is OCCOc1ccc([S+](c2ccc(S)cc2)c2ccc(OCCO)cc2)cc1. The van der Waals surface area contributed by atoms with Crippen molar-refractivity contribution < 1.29 is 19.7 Å². The van der Waals surface area contributed by atoms with Gasteiger partial charge in [-0.3, -0.25) is 0 Å². The quantitative estimate of drug-likeness (QED) is 0.367. The van der Waals surface area contributed by atoms with Gasteiger partial charge in [-0.2, -0.15) is 0 Å². The molecule has 0 aliphatic carbocycles. The van der Waals surface area contributed by atoms with Crippen molar-refractivity contribution in [1.82, 2.24) is 0 Å². The first kappa shape index (κ1) is 20.6. The van der Waals surface area contributed by atoms with Gasteiger partial charge in [0.1, 0.15) is 24.7 Å². The van der Waals surface area contributed by atoms with Gasteiger partial charge in [-0.15, -0.1) is 12.6 Å². The van der Waals surface area contributed by atoms with Crippen LogP contribution in [0.4, 0.5) is 0 Å². The molecular weight excluding hydrogens is 392 g/mol. The highest BCUT2D eigenvalue weighted by molar-refractivity contribution is 7.97. The fraction of sp³-hybridized carbons (Fsp3) is 0.182. The molecule has 2 N–H and O–H groups in total. The van der Waals surface area contributed by atoms with E-state index in [2.05, 4.69) is 49.0 Å². The summed E-state index contributed by atoms with van der Waals surface area (Å²) in [7, 11) is -0.295. The van der Waals surface area contributed by atoms with Crippen molar-refractivity contribution >= 4 is 23.5 Å². The molecular formula is C22H23O4S2+. The Balaban J connectivity index is 1.92. The van der Waals surface area contributed by atoms with Crippen molar-refractivity contribution in [1.29, 1.82) is 0 Å². The van der Waals surface area contributed by atoms with Crippen LogP contribution in [0.2, 0.25) is 0 Å². The van der Waals surface area contributed by atoms with Crippen LogP contribution in [0.5, 0.6) is 11.5 Å². The summed E-state index contributed by atoms with van der Waals surface area (Å²) < 4.78 is 11.0. The highest BCUT2D eigenvalue weighted by atomic mass is 32.2. The van der Waals surface area contributed by atoms with Gasteiger partial charge in [-0.05, 0) is 72.8 Å². The molecule has 0 aromatic heterocycles. The first-order chi connectivity index (χ1) is 13.7. The van der Waals surface area contributed by atoms with Crippen LogP contribution in [-0.2, 0) is 10.9 Å². The van der Waals surface area contributed by atoms with E-state index in [1.54, 1.807) is 0 Å². The zero-order valence-corrected chi connectivity index (χ0v) is 17.0. The van der Waals surface area contributed by atoms with Gasteiger partial charge in [0.2, 0.25) is 0 Å². The summed E-state index contributed by atoms with van der Waals surface area (Å²) in [5.41, 5.74) is 0. The molecule has 6 heteroatoms. The van der Waals surface area contributed by atoms with Crippen LogP contribution >= 0.6 is 12.6 Å². The van der Waals surface area contributed by atoms with Gasteiger partial charge >= 0.3 is 0 Å². The summed E-state index contributed by atoms with van der Waals surface area (Å²) in [4.78, 5) is 4.43. The molecule has 0 atom stereocenters. The van der Waals surface area contributed by atoms with Gasteiger partial charge in [0.15, 0.2) is 14.7 Å². The van der Waals surface area contributed by atoms with Crippen LogP contribution in [-0.4, -0.2) is 36.6 Å². The molecule has 3 aromatic rings. The molecule has 4 nitrogen and oxygen atoms in total. The number of rotatable bonds is 9. The van der Waals surface area contributed by atoms with E-state index < -0.39 is 0 Å². The van der Waals surface area contributed by atoms with Crippen LogP contribution in [0.3, 0.4) is 0 Å². The maximum absolute atomic E-state index is 8.91. The maximum Gasteiger partial charge on any atom is 0.166 e. The number of hydrogen-bond acceptors (Lipinski definition) is 5. The normalized spacial score (nSPS) is 10.9. The Morgan fingerprint density at radius 3 is 1.32 bits per heavy atom. The topological polar surface area (TPSA) is 58.9 Å². The fourth-order valence-corrected chi connectivity index (χ4v) is 4.85. The van der Waals surface area contributed by atoms with Crippen LogP contribution in [0.15, 0.2) is 92.4 Å². The van der Waals surface area contributed by atoms with E-state index in [1.807, 2.05) is 36.4 Å². The third-order valence-corrected chi connectivity index (χ3v) is 6.44. The monoisotopic (exact) mass is 415 g/mol. The summed E-state index contributed by atoms with van der Waals surface area (Å²) in [5.74, 6) is 1.47. The molecule has 0 heterocycles. The van der Waals surface area contributed by atoms with Crippen molar-refractivity contribution in [2.75, 3.05) is 26.4 Å². The van der Waals surface area contributed by atoms with Gasteiger partial charge in [-0.1, -0.05) is 0 Å². The molecule has 0 saturated carbocycles. The number of benzene rings is 3. The van der Waals surface area contributed by atoms with Crippen molar-refractivity contribution in [3.05, 3.63) is 72.8 Å². The number of thiol groups is 1. The summed E-state index contributed by atoms with van der Waals surface area (Å²) in [6, 6.07) is 24.1. The van der Waals surface area contributed by atoms with Gasteiger partial charge in [0.25, 0.3) is 0 Å². The minimum absolute atomic E-state index is 0.00704. The molecule has 0 saturated heterocycles. The van der Waals surface area contributed by atoms with Gasteiger partial charge in [-0.25, -0.2) is 0 Å². The second kappa shape index (κ2) is 10.4. The van der Waals surface area contributed by atoms with Gasteiger partial charge < -0.3 is 19.7 Å². The molecule has 0 amide bonds. The third-order valence-electron chi connectivity index (χ3n) is 3.91. The average molecular weight is 416 g/mol. The molecule has 0 radical (unpaired) electrons. The Kier molecular flexibility index (Phi) is 7.68. The Morgan fingerprint density at radius 1 is 0.607 bits per heavy atom. The van der Waals surface area contributed by atoms with E-state index in [4.69, 9.17) is 19.7 Å². The zero-order chi connectivity index (χ0) is 19.8. The van der Waals surface area contributed by atoms with E-state index in [0.29, 0.717) is 0 Å². The second-order valence-corrected chi connectivity index (χ2v) is 8.43. The number of ether oxygens (including phenoxy) is 2. The Labute approximate surface area is 173 Å². The highest BCUT2D eigenvalue weighted by Gasteiger charge is 2.28. The second-order valence-electron chi connectivity index (χ2n) is 5.89. The predicted octanol–water partition coefficient (Wildman–Crippen LogP) is 3.81. The molecule has 3 rings (SSSR count). The first-order valence-electron chi connectivity index (χ1n) is 8.92. The van der Waals surface area contributed by atoms with Crippen molar-refractivity contribution in [2.45, 2.75) is 19.6 Å². The van der Waals surface area contributed by atoms with E-state index in [-0.39, 0.29) is 37.3 Å². The van der Waals surface area contributed by atoms with Crippen LogP contribution in [0, 0.1) is 0 Å². The molecule has 0 bridgehead atoms. The highest BCUT2D eigenvalue weighted by Crippen LogP contribution is 2.33. The lowest BCUT2D eigenvalue weighted by atomic mass is 10.3. The minimum Gasteiger partial charge on any atom is -0.491 e. The molecule has 0 aliphatic rings. The van der Waals surface area contributed by atoms with E-state index in [9.17, 15) is 0 Å². The van der Waals surface area contributed by atoms with Gasteiger partial charge in [0.05, 0.1) is 24.1 Å².